The second-order valence-electron chi connectivity index (χ2n) is 4.87. The quantitative estimate of drug-likeness (QED) is 0.900. The number of nitrogen functional groups attached to an aromatic ring is 1. The summed E-state index contributed by atoms with van der Waals surface area (Å²) in [5.74, 6) is 1.53. The van der Waals surface area contributed by atoms with Crippen LogP contribution in [0.4, 0.5) is 5.69 Å². The lowest BCUT2D eigenvalue weighted by molar-refractivity contribution is 0.171. The third-order valence-electron chi connectivity index (χ3n) is 3.10. The number of aromatic nitrogens is 2. The first-order valence-corrected chi connectivity index (χ1v) is 6.40. The summed E-state index contributed by atoms with van der Waals surface area (Å²) in [5, 5.41) is 4.52. The molecule has 0 fully saturated rings. The number of hydrogen-bond donors (Lipinski definition) is 1. The lowest BCUT2D eigenvalue weighted by Gasteiger charge is -2.18. The van der Waals surface area contributed by atoms with E-state index in [-0.39, 0.29) is 6.04 Å². The molecule has 0 atom stereocenters. The highest BCUT2D eigenvalue weighted by Gasteiger charge is 2.15. The third kappa shape index (κ3) is 2.12. The van der Waals surface area contributed by atoms with Gasteiger partial charge in [-0.25, -0.2) is 0 Å². The average Bonchev–Trinajstić information content (AvgIpc) is 2.80. The third-order valence-corrected chi connectivity index (χ3v) is 3.10. The van der Waals surface area contributed by atoms with Gasteiger partial charge in [0.15, 0.2) is 11.5 Å². The predicted molar refractivity (Wildman–Crippen MR) is 73.5 cm³/mol. The fourth-order valence-corrected chi connectivity index (χ4v) is 2.09. The highest BCUT2D eigenvalue weighted by atomic mass is 16.6. The predicted octanol–water partition coefficient (Wildman–Crippen LogP) is 2.48. The van der Waals surface area contributed by atoms with E-state index in [1.54, 1.807) is 0 Å². The molecule has 1 aromatic carbocycles. The van der Waals surface area contributed by atoms with E-state index in [1.165, 1.54) is 0 Å². The van der Waals surface area contributed by atoms with Crippen LogP contribution >= 0.6 is 0 Å². The molecule has 2 aromatic rings. The summed E-state index contributed by atoms with van der Waals surface area (Å²) in [7, 11) is 0. The molecule has 0 amide bonds. The monoisotopic (exact) mass is 259 g/mol. The highest BCUT2D eigenvalue weighted by molar-refractivity contribution is 5.74. The lowest BCUT2D eigenvalue weighted by Crippen LogP contribution is -2.15. The van der Waals surface area contributed by atoms with E-state index >= 15 is 0 Å². The van der Waals surface area contributed by atoms with Gasteiger partial charge in [0, 0.05) is 17.8 Å². The molecule has 2 N–H and O–H groups in total. The summed E-state index contributed by atoms with van der Waals surface area (Å²) >= 11 is 0. The largest absolute Gasteiger partial charge is 0.486 e. The Balaban J connectivity index is 2.02. The topological polar surface area (TPSA) is 62.3 Å². The molecule has 100 valence electrons. The fourth-order valence-electron chi connectivity index (χ4n) is 2.09. The summed E-state index contributed by atoms with van der Waals surface area (Å²) in [6.45, 7) is 5.31. The first-order chi connectivity index (χ1) is 9.15. The van der Waals surface area contributed by atoms with Crippen LogP contribution in [-0.4, -0.2) is 23.0 Å². The molecule has 1 aromatic heterocycles. The Bertz CT molecular complexity index is 605. The van der Waals surface area contributed by atoms with Gasteiger partial charge in [0.05, 0.1) is 5.69 Å². The van der Waals surface area contributed by atoms with E-state index < -0.39 is 0 Å². The second-order valence-corrected chi connectivity index (χ2v) is 4.87. The summed E-state index contributed by atoms with van der Waals surface area (Å²) in [5.41, 5.74) is 8.43. The molecular formula is C14H17N3O2. The number of fused-ring (bicyclic) bond motifs is 1. The van der Waals surface area contributed by atoms with Crippen LogP contribution in [-0.2, 0) is 0 Å². The van der Waals surface area contributed by atoms with E-state index in [2.05, 4.69) is 18.9 Å². The van der Waals surface area contributed by atoms with Crippen LogP contribution in [0, 0.1) is 0 Å². The molecule has 19 heavy (non-hydrogen) atoms. The Labute approximate surface area is 111 Å². The zero-order chi connectivity index (χ0) is 13.4. The van der Waals surface area contributed by atoms with Gasteiger partial charge in [0.1, 0.15) is 18.9 Å². The van der Waals surface area contributed by atoms with Gasteiger partial charge >= 0.3 is 0 Å². The van der Waals surface area contributed by atoms with E-state index in [0.717, 1.165) is 22.8 Å². The molecule has 5 nitrogen and oxygen atoms in total. The van der Waals surface area contributed by atoms with Crippen LogP contribution in [0.3, 0.4) is 0 Å². The van der Waals surface area contributed by atoms with Gasteiger partial charge in [-0.05, 0) is 32.0 Å². The molecule has 1 aliphatic heterocycles. The van der Waals surface area contributed by atoms with Crippen LogP contribution in [0.5, 0.6) is 11.5 Å². The molecule has 0 bridgehead atoms. The van der Waals surface area contributed by atoms with Crippen molar-refractivity contribution < 1.29 is 9.47 Å². The second kappa shape index (κ2) is 4.50. The minimum atomic E-state index is 0.285. The summed E-state index contributed by atoms with van der Waals surface area (Å²) in [6.07, 6.45) is 1.86. The molecule has 0 saturated carbocycles. The molecule has 5 heteroatoms. The maximum Gasteiger partial charge on any atom is 0.162 e. The molecule has 0 spiro atoms. The van der Waals surface area contributed by atoms with Gasteiger partial charge < -0.3 is 15.2 Å². The van der Waals surface area contributed by atoms with Crippen LogP contribution in [0.2, 0.25) is 0 Å². The molecule has 1 aliphatic rings. The number of ether oxygens (including phenoxy) is 2. The average molecular weight is 259 g/mol. The van der Waals surface area contributed by atoms with Crippen molar-refractivity contribution in [1.29, 1.82) is 0 Å². The fraction of sp³-hybridized carbons (Fsp3) is 0.357. The van der Waals surface area contributed by atoms with Crippen LogP contribution in [0.1, 0.15) is 19.9 Å². The Kier molecular flexibility index (Phi) is 2.81. The van der Waals surface area contributed by atoms with Crippen LogP contribution < -0.4 is 15.2 Å². The van der Waals surface area contributed by atoms with Crippen molar-refractivity contribution in [2.75, 3.05) is 18.9 Å². The smallest absolute Gasteiger partial charge is 0.162 e. The summed E-state index contributed by atoms with van der Waals surface area (Å²) in [6, 6.07) is 6.07. The van der Waals surface area contributed by atoms with E-state index in [9.17, 15) is 0 Å². The van der Waals surface area contributed by atoms with Gasteiger partial charge in [-0.15, -0.1) is 0 Å². The van der Waals surface area contributed by atoms with E-state index in [1.807, 2.05) is 29.1 Å². The van der Waals surface area contributed by atoms with Crippen molar-refractivity contribution >= 4 is 5.69 Å². The molecule has 0 unspecified atom stereocenters. The summed E-state index contributed by atoms with van der Waals surface area (Å²) in [4.78, 5) is 0. The van der Waals surface area contributed by atoms with Gasteiger partial charge in [0.25, 0.3) is 0 Å². The van der Waals surface area contributed by atoms with Gasteiger partial charge in [-0.3, -0.25) is 4.68 Å². The lowest BCUT2D eigenvalue weighted by atomic mass is 10.1. The number of anilines is 1. The van der Waals surface area contributed by atoms with Gasteiger partial charge in [0.2, 0.25) is 0 Å². The Morgan fingerprint density at radius 2 is 1.95 bits per heavy atom. The van der Waals surface area contributed by atoms with E-state index in [0.29, 0.717) is 18.9 Å². The van der Waals surface area contributed by atoms with Crippen molar-refractivity contribution in [3.63, 3.8) is 0 Å². The number of nitrogens with two attached hydrogens (primary N) is 1. The molecule has 0 saturated heterocycles. The van der Waals surface area contributed by atoms with Gasteiger partial charge in [-0.1, -0.05) is 0 Å². The molecule has 3 rings (SSSR count). The number of rotatable bonds is 2. The van der Waals surface area contributed by atoms with Crippen molar-refractivity contribution in [2.45, 2.75) is 19.9 Å². The zero-order valence-electron chi connectivity index (χ0n) is 11.1. The standard InChI is InChI=1S/C14H17N3O2/c1-9(2)17-8-11(15)14(16-17)10-3-4-12-13(7-10)19-6-5-18-12/h3-4,7-9H,5-6,15H2,1-2H3. The summed E-state index contributed by atoms with van der Waals surface area (Å²) < 4.78 is 12.9. The number of benzene rings is 1. The van der Waals surface area contributed by atoms with Crippen molar-refractivity contribution in [2.24, 2.45) is 0 Å². The molecule has 2 heterocycles. The SMILES string of the molecule is CC(C)n1cc(N)c(-c2ccc3c(c2)OCCO3)n1. The van der Waals surface area contributed by atoms with Crippen molar-refractivity contribution in [1.82, 2.24) is 9.78 Å². The minimum absolute atomic E-state index is 0.285. The van der Waals surface area contributed by atoms with Crippen LogP contribution in [0.15, 0.2) is 24.4 Å². The zero-order valence-corrected chi connectivity index (χ0v) is 11.1. The molecular weight excluding hydrogens is 242 g/mol. The first kappa shape index (κ1) is 11.9. The Morgan fingerprint density at radius 1 is 1.21 bits per heavy atom. The molecule has 0 aliphatic carbocycles. The maximum atomic E-state index is 6.03. The Morgan fingerprint density at radius 3 is 2.63 bits per heavy atom. The first-order valence-electron chi connectivity index (χ1n) is 6.40. The maximum absolute atomic E-state index is 6.03. The minimum Gasteiger partial charge on any atom is -0.486 e. The van der Waals surface area contributed by atoms with Gasteiger partial charge in [-0.2, -0.15) is 5.10 Å². The highest BCUT2D eigenvalue weighted by Crippen LogP contribution is 2.35. The normalized spacial score (nSPS) is 13.8. The van der Waals surface area contributed by atoms with E-state index in [4.69, 9.17) is 15.2 Å². The van der Waals surface area contributed by atoms with Crippen molar-refractivity contribution in [3.05, 3.63) is 24.4 Å². The Hall–Kier alpha value is -2.17. The van der Waals surface area contributed by atoms with Crippen LogP contribution in [0.25, 0.3) is 11.3 Å². The van der Waals surface area contributed by atoms with Crippen molar-refractivity contribution in [3.8, 4) is 22.8 Å². The molecule has 0 radical (unpaired) electrons. The number of nitrogens with zero attached hydrogens (tertiary/aromatic N) is 2. The number of hydrogen-bond acceptors (Lipinski definition) is 4.